The predicted molar refractivity (Wildman–Crippen MR) is 122 cm³/mol. The number of carbonyl (C=O) groups excluding carboxylic acids is 2. The summed E-state index contributed by atoms with van der Waals surface area (Å²) in [6, 6.07) is 17.9. The molecule has 0 spiro atoms. The molecule has 0 aliphatic rings. The number of likely N-dealkylation sites (N-methyl/N-ethyl adjacent to an activating group) is 1. The van der Waals surface area contributed by atoms with Crippen LogP contribution in [-0.4, -0.2) is 41.6 Å². The van der Waals surface area contributed by atoms with E-state index in [2.05, 4.69) is 36.5 Å². The number of carbonyl (C=O) groups is 2. The highest BCUT2D eigenvalue weighted by molar-refractivity contribution is 7.99. The Morgan fingerprint density at radius 2 is 1.72 bits per heavy atom. The van der Waals surface area contributed by atoms with Crippen LogP contribution in [-0.2, 0) is 21.8 Å². The summed E-state index contributed by atoms with van der Waals surface area (Å²) in [6.07, 6.45) is 1.35. The highest BCUT2D eigenvalue weighted by Gasteiger charge is 2.27. The van der Waals surface area contributed by atoms with Crippen molar-refractivity contribution in [3.63, 3.8) is 0 Å². The molecule has 0 bridgehead atoms. The van der Waals surface area contributed by atoms with Crippen LogP contribution in [0, 0.1) is 6.92 Å². The van der Waals surface area contributed by atoms with Gasteiger partial charge < -0.3 is 10.2 Å². The lowest BCUT2D eigenvalue weighted by Crippen LogP contribution is -2.50. The topological polar surface area (TPSA) is 49.4 Å². The summed E-state index contributed by atoms with van der Waals surface area (Å²) in [4.78, 5) is 27.4. The van der Waals surface area contributed by atoms with Gasteiger partial charge in [-0.1, -0.05) is 61.5 Å². The molecule has 1 N–H and O–H groups in total. The smallest absolute Gasteiger partial charge is 0.242 e. The lowest BCUT2D eigenvalue weighted by molar-refractivity contribution is -0.138. The summed E-state index contributed by atoms with van der Waals surface area (Å²) in [6.45, 7) is 7.07. The molecule has 156 valence electrons. The summed E-state index contributed by atoms with van der Waals surface area (Å²) >= 11 is 1.61. The Morgan fingerprint density at radius 1 is 1.03 bits per heavy atom. The van der Waals surface area contributed by atoms with Crippen molar-refractivity contribution >= 4 is 23.6 Å². The Balaban J connectivity index is 2.04. The second-order valence-electron chi connectivity index (χ2n) is 7.06. The van der Waals surface area contributed by atoms with Gasteiger partial charge in [0.05, 0.1) is 5.75 Å². The normalized spacial score (nSPS) is 11.7. The zero-order valence-electron chi connectivity index (χ0n) is 17.7. The minimum absolute atomic E-state index is 0.0256. The van der Waals surface area contributed by atoms with Gasteiger partial charge in [0, 0.05) is 18.8 Å². The molecular weight excluding hydrogens is 380 g/mol. The third-order valence-corrected chi connectivity index (χ3v) is 5.93. The van der Waals surface area contributed by atoms with Crippen molar-refractivity contribution in [3.8, 4) is 0 Å². The van der Waals surface area contributed by atoms with E-state index in [9.17, 15) is 9.59 Å². The molecule has 4 nitrogen and oxygen atoms in total. The Labute approximate surface area is 179 Å². The number of hydrogen-bond donors (Lipinski definition) is 1. The lowest BCUT2D eigenvalue weighted by Gasteiger charge is -2.30. The van der Waals surface area contributed by atoms with Crippen molar-refractivity contribution in [1.82, 2.24) is 10.2 Å². The number of benzene rings is 2. The van der Waals surface area contributed by atoms with Crippen LogP contribution < -0.4 is 5.32 Å². The molecule has 2 amide bonds. The SMILES string of the molecule is CCNC(=O)C(CC)N(CCc1ccccc1)C(=O)CSCc1ccccc1C. The molecule has 2 rings (SSSR count). The molecular formula is C24H32N2O2S. The van der Waals surface area contributed by atoms with E-state index in [1.54, 1.807) is 16.7 Å². The minimum atomic E-state index is -0.426. The molecule has 29 heavy (non-hydrogen) atoms. The summed E-state index contributed by atoms with van der Waals surface area (Å²) in [5.74, 6) is 1.12. The fraction of sp³-hybridized carbons (Fsp3) is 0.417. The first-order valence-corrected chi connectivity index (χ1v) is 11.5. The van der Waals surface area contributed by atoms with E-state index in [0.29, 0.717) is 25.3 Å². The van der Waals surface area contributed by atoms with Crippen molar-refractivity contribution < 1.29 is 9.59 Å². The first kappa shape index (κ1) is 23.0. The third-order valence-electron chi connectivity index (χ3n) is 4.97. The lowest BCUT2D eigenvalue weighted by atomic mass is 10.1. The summed E-state index contributed by atoms with van der Waals surface area (Å²) in [7, 11) is 0. The largest absolute Gasteiger partial charge is 0.355 e. The minimum Gasteiger partial charge on any atom is -0.355 e. The monoisotopic (exact) mass is 412 g/mol. The van der Waals surface area contributed by atoms with Crippen molar-refractivity contribution in [2.75, 3.05) is 18.8 Å². The Morgan fingerprint density at radius 3 is 2.38 bits per heavy atom. The van der Waals surface area contributed by atoms with Gasteiger partial charge in [-0.25, -0.2) is 0 Å². The molecule has 0 radical (unpaired) electrons. The second kappa shape index (κ2) is 12.3. The van der Waals surface area contributed by atoms with Gasteiger partial charge >= 0.3 is 0 Å². The fourth-order valence-corrected chi connectivity index (χ4v) is 4.28. The average Bonchev–Trinajstić information content (AvgIpc) is 2.73. The van der Waals surface area contributed by atoms with Gasteiger partial charge in [0.25, 0.3) is 0 Å². The molecule has 0 saturated heterocycles. The van der Waals surface area contributed by atoms with E-state index in [1.807, 2.05) is 44.2 Å². The first-order valence-electron chi connectivity index (χ1n) is 10.3. The van der Waals surface area contributed by atoms with Gasteiger partial charge in [-0.3, -0.25) is 9.59 Å². The van der Waals surface area contributed by atoms with E-state index < -0.39 is 6.04 Å². The number of rotatable bonds is 11. The van der Waals surface area contributed by atoms with E-state index in [0.717, 1.165) is 12.2 Å². The molecule has 0 aliphatic heterocycles. The molecule has 0 saturated carbocycles. The summed E-state index contributed by atoms with van der Waals surface area (Å²) < 4.78 is 0. The summed E-state index contributed by atoms with van der Waals surface area (Å²) in [5.41, 5.74) is 3.66. The van der Waals surface area contributed by atoms with Gasteiger partial charge in [0.2, 0.25) is 11.8 Å². The molecule has 2 aromatic rings. The molecule has 5 heteroatoms. The van der Waals surface area contributed by atoms with Gasteiger partial charge in [-0.15, -0.1) is 11.8 Å². The van der Waals surface area contributed by atoms with E-state index in [-0.39, 0.29) is 11.8 Å². The fourth-order valence-electron chi connectivity index (χ4n) is 3.29. The van der Waals surface area contributed by atoms with Crippen LogP contribution in [0.4, 0.5) is 0 Å². The standard InChI is InChI=1S/C24H32N2O2S/c1-4-22(24(28)25-5-2)26(16-15-20-12-7-6-8-13-20)23(27)18-29-17-21-14-10-9-11-19(21)3/h6-14,22H,4-5,15-18H2,1-3H3,(H,25,28). The first-order chi connectivity index (χ1) is 14.1. The molecule has 0 fully saturated rings. The summed E-state index contributed by atoms with van der Waals surface area (Å²) in [5, 5.41) is 2.88. The average molecular weight is 413 g/mol. The predicted octanol–water partition coefficient (Wildman–Crippen LogP) is 4.21. The zero-order valence-corrected chi connectivity index (χ0v) is 18.5. The Hall–Kier alpha value is -2.27. The number of hydrogen-bond acceptors (Lipinski definition) is 3. The molecule has 1 atom stereocenters. The van der Waals surface area contributed by atoms with E-state index in [4.69, 9.17) is 0 Å². The van der Waals surface area contributed by atoms with E-state index >= 15 is 0 Å². The third kappa shape index (κ3) is 7.24. The van der Waals surface area contributed by atoms with E-state index in [1.165, 1.54) is 16.7 Å². The molecule has 1 unspecified atom stereocenters. The second-order valence-corrected chi connectivity index (χ2v) is 8.05. The Kier molecular flexibility index (Phi) is 9.78. The van der Waals surface area contributed by atoms with Crippen LogP contribution in [0.1, 0.15) is 37.0 Å². The molecule has 2 aromatic carbocycles. The van der Waals surface area contributed by atoms with Crippen LogP contribution in [0.2, 0.25) is 0 Å². The number of amides is 2. The number of aryl methyl sites for hydroxylation is 1. The molecule has 0 aliphatic carbocycles. The quantitative estimate of drug-likeness (QED) is 0.601. The van der Waals surface area contributed by atoms with Crippen LogP contribution in [0.25, 0.3) is 0 Å². The number of nitrogens with one attached hydrogen (secondary N) is 1. The van der Waals surface area contributed by atoms with Gasteiger partial charge in [-0.05, 0) is 43.4 Å². The highest BCUT2D eigenvalue weighted by atomic mass is 32.2. The molecule has 0 aromatic heterocycles. The maximum Gasteiger partial charge on any atom is 0.242 e. The van der Waals surface area contributed by atoms with Crippen LogP contribution in [0.3, 0.4) is 0 Å². The van der Waals surface area contributed by atoms with Crippen LogP contribution >= 0.6 is 11.8 Å². The van der Waals surface area contributed by atoms with Crippen LogP contribution in [0.5, 0.6) is 0 Å². The van der Waals surface area contributed by atoms with Crippen molar-refractivity contribution in [2.45, 2.75) is 45.4 Å². The van der Waals surface area contributed by atoms with Crippen LogP contribution in [0.15, 0.2) is 54.6 Å². The maximum atomic E-state index is 13.1. The van der Waals surface area contributed by atoms with Gasteiger partial charge in [0.15, 0.2) is 0 Å². The Bertz CT molecular complexity index is 779. The van der Waals surface area contributed by atoms with Gasteiger partial charge in [-0.2, -0.15) is 0 Å². The number of nitrogens with zero attached hydrogens (tertiary/aromatic N) is 1. The number of thioether (sulfide) groups is 1. The van der Waals surface area contributed by atoms with Crippen molar-refractivity contribution in [1.29, 1.82) is 0 Å². The van der Waals surface area contributed by atoms with Gasteiger partial charge in [0.1, 0.15) is 6.04 Å². The maximum absolute atomic E-state index is 13.1. The van der Waals surface area contributed by atoms with Crippen molar-refractivity contribution in [2.24, 2.45) is 0 Å². The highest BCUT2D eigenvalue weighted by Crippen LogP contribution is 2.18. The van der Waals surface area contributed by atoms with Crippen molar-refractivity contribution in [3.05, 3.63) is 71.3 Å². The molecule has 0 heterocycles. The zero-order chi connectivity index (χ0) is 21.1.